The van der Waals surface area contributed by atoms with Gasteiger partial charge in [0.2, 0.25) is 5.88 Å². The van der Waals surface area contributed by atoms with Crippen LogP contribution in [0.1, 0.15) is 18.1 Å². The topological polar surface area (TPSA) is 72.5 Å². The van der Waals surface area contributed by atoms with Gasteiger partial charge in [-0.05, 0) is 43.7 Å². The molecule has 0 radical (unpaired) electrons. The highest BCUT2D eigenvalue weighted by molar-refractivity contribution is 7.89. The number of aryl methyl sites for hydroxylation is 2. The van der Waals surface area contributed by atoms with E-state index in [2.05, 4.69) is 16.0 Å². The van der Waals surface area contributed by atoms with Gasteiger partial charge in [-0.2, -0.15) is 0 Å². The lowest BCUT2D eigenvalue weighted by atomic mass is 10.1. The number of hydrogen-bond donors (Lipinski definition) is 1. The second kappa shape index (κ2) is 5.22. The standard InChI is InChI=1S/C12H15NO4S/c1-8-5-6-12(7-9(8)2)18(15,16)13-10(3)17-11(4)14/h5-7,13H,3H2,1-2,4H3. The summed E-state index contributed by atoms with van der Waals surface area (Å²) in [6.45, 7) is 8.17. The van der Waals surface area contributed by atoms with Gasteiger partial charge in [-0.3, -0.25) is 4.79 Å². The molecule has 0 atom stereocenters. The van der Waals surface area contributed by atoms with Gasteiger partial charge >= 0.3 is 5.97 Å². The maximum atomic E-state index is 11.9. The third-order valence-electron chi connectivity index (χ3n) is 2.30. The lowest BCUT2D eigenvalue weighted by Gasteiger charge is -2.10. The minimum absolute atomic E-state index is 0.0962. The first kappa shape index (κ1) is 14.2. The molecule has 0 aliphatic rings. The van der Waals surface area contributed by atoms with Gasteiger partial charge in [-0.1, -0.05) is 6.07 Å². The van der Waals surface area contributed by atoms with Crippen molar-refractivity contribution in [1.82, 2.24) is 4.72 Å². The van der Waals surface area contributed by atoms with Crippen molar-refractivity contribution in [2.24, 2.45) is 0 Å². The Kier molecular flexibility index (Phi) is 4.13. The zero-order valence-electron chi connectivity index (χ0n) is 10.5. The lowest BCUT2D eigenvalue weighted by molar-refractivity contribution is -0.137. The van der Waals surface area contributed by atoms with Crippen LogP contribution in [0.5, 0.6) is 0 Å². The minimum atomic E-state index is -3.77. The van der Waals surface area contributed by atoms with E-state index in [9.17, 15) is 13.2 Å². The van der Waals surface area contributed by atoms with Gasteiger partial charge in [-0.15, -0.1) is 0 Å². The van der Waals surface area contributed by atoms with Crippen LogP contribution in [0.15, 0.2) is 35.6 Å². The van der Waals surface area contributed by atoms with E-state index in [-0.39, 0.29) is 10.8 Å². The Morgan fingerprint density at radius 2 is 1.89 bits per heavy atom. The van der Waals surface area contributed by atoms with E-state index in [1.807, 2.05) is 13.8 Å². The second-order valence-corrected chi connectivity index (χ2v) is 5.55. The van der Waals surface area contributed by atoms with Crippen LogP contribution in [-0.2, 0) is 19.6 Å². The zero-order valence-corrected chi connectivity index (χ0v) is 11.3. The Balaban J connectivity index is 2.96. The summed E-state index contributed by atoms with van der Waals surface area (Å²) in [6, 6.07) is 4.73. The van der Waals surface area contributed by atoms with Crippen molar-refractivity contribution in [2.45, 2.75) is 25.7 Å². The molecule has 0 unspecified atom stereocenters. The molecule has 0 spiro atoms. The number of esters is 1. The number of carbonyl (C=O) groups excluding carboxylic acids is 1. The number of ether oxygens (including phenoxy) is 1. The van der Waals surface area contributed by atoms with Crippen LogP contribution in [0, 0.1) is 13.8 Å². The van der Waals surface area contributed by atoms with Crippen molar-refractivity contribution in [1.29, 1.82) is 0 Å². The Morgan fingerprint density at radius 3 is 2.39 bits per heavy atom. The van der Waals surface area contributed by atoms with Gasteiger partial charge in [0.15, 0.2) is 0 Å². The summed E-state index contributed by atoms with van der Waals surface area (Å²) in [5.74, 6) is -0.955. The average Bonchev–Trinajstić information content (AvgIpc) is 2.19. The Hall–Kier alpha value is -1.82. The van der Waals surface area contributed by atoms with Crippen LogP contribution in [0.4, 0.5) is 0 Å². The van der Waals surface area contributed by atoms with Crippen LogP contribution >= 0.6 is 0 Å². The monoisotopic (exact) mass is 269 g/mol. The van der Waals surface area contributed by atoms with Crippen molar-refractivity contribution in [3.05, 3.63) is 41.8 Å². The number of hydrogen-bond acceptors (Lipinski definition) is 4. The molecule has 0 amide bonds. The van der Waals surface area contributed by atoms with E-state index in [0.29, 0.717) is 0 Å². The summed E-state index contributed by atoms with van der Waals surface area (Å²) in [5, 5.41) is 0. The van der Waals surface area contributed by atoms with E-state index < -0.39 is 16.0 Å². The highest BCUT2D eigenvalue weighted by Crippen LogP contribution is 2.15. The molecule has 0 aromatic heterocycles. The Bertz CT molecular complexity index is 590. The van der Waals surface area contributed by atoms with E-state index in [1.165, 1.54) is 6.07 Å². The number of nitrogens with one attached hydrogen (secondary N) is 1. The van der Waals surface area contributed by atoms with Crippen LogP contribution in [0.3, 0.4) is 0 Å². The fraction of sp³-hybridized carbons (Fsp3) is 0.250. The molecule has 18 heavy (non-hydrogen) atoms. The predicted octanol–water partition coefficient (Wildman–Crippen LogP) is 1.62. The molecule has 0 heterocycles. The van der Waals surface area contributed by atoms with Crippen molar-refractivity contribution in [3.63, 3.8) is 0 Å². The van der Waals surface area contributed by atoms with Crippen molar-refractivity contribution in [2.75, 3.05) is 0 Å². The van der Waals surface area contributed by atoms with Gasteiger partial charge in [0, 0.05) is 6.92 Å². The SMILES string of the molecule is C=C(NS(=O)(=O)c1ccc(C)c(C)c1)OC(C)=O. The maximum Gasteiger partial charge on any atom is 0.309 e. The summed E-state index contributed by atoms with van der Waals surface area (Å²) in [5.41, 5.74) is 1.85. The summed E-state index contributed by atoms with van der Waals surface area (Å²) < 4.78 is 30.5. The van der Waals surface area contributed by atoms with Crippen molar-refractivity contribution >= 4 is 16.0 Å². The molecule has 1 aromatic rings. The molecule has 0 aliphatic heterocycles. The fourth-order valence-corrected chi connectivity index (χ4v) is 2.32. The summed E-state index contributed by atoms with van der Waals surface area (Å²) in [7, 11) is -3.77. The molecule has 1 rings (SSSR count). The van der Waals surface area contributed by atoms with Gasteiger partial charge in [0.1, 0.15) is 0 Å². The third-order valence-corrected chi connectivity index (χ3v) is 3.67. The first-order valence-electron chi connectivity index (χ1n) is 5.20. The number of benzene rings is 1. The summed E-state index contributed by atoms with van der Waals surface area (Å²) >= 11 is 0. The lowest BCUT2D eigenvalue weighted by Crippen LogP contribution is -2.25. The molecule has 98 valence electrons. The molecule has 5 nitrogen and oxygen atoms in total. The molecule has 1 aromatic carbocycles. The molecule has 0 bridgehead atoms. The quantitative estimate of drug-likeness (QED) is 0.666. The number of carbonyl (C=O) groups is 1. The first-order valence-corrected chi connectivity index (χ1v) is 6.68. The number of sulfonamides is 1. The minimum Gasteiger partial charge on any atom is -0.410 e. The Labute approximate surface area is 107 Å². The van der Waals surface area contributed by atoms with Crippen LogP contribution < -0.4 is 4.72 Å². The van der Waals surface area contributed by atoms with Gasteiger partial charge in [0.05, 0.1) is 4.90 Å². The molecule has 1 N–H and O–H groups in total. The van der Waals surface area contributed by atoms with E-state index in [4.69, 9.17) is 0 Å². The van der Waals surface area contributed by atoms with Crippen molar-refractivity contribution < 1.29 is 17.9 Å². The Morgan fingerprint density at radius 1 is 1.28 bits per heavy atom. The molecule has 6 heteroatoms. The molecule has 0 saturated carbocycles. The highest BCUT2D eigenvalue weighted by Gasteiger charge is 2.16. The normalized spacial score (nSPS) is 10.8. The van der Waals surface area contributed by atoms with Crippen LogP contribution in [0.25, 0.3) is 0 Å². The molecular formula is C12H15NO4S. The van der Waals surface area contributed by atoms with Gasteiger partial charge < -0.3 is 4.74 Å². The third kappa shape index (κ3) is 3.59. The van der Waals surface area contributed by atoms with E-state index in [0.717, 1.165) is 18.1 Å². The smallest absolute Gasteiger partial charge is 0.309 e. The zero-order chi connectivity index (χ0) is 13.9. The van der Waals surface area contributed by atoms with Gasteiger partial charge in [0.25, 0.3) is 10.0 Å². The molecule has 0 aliphatic carbocycles. The molecule has 0 fully saturated rings. The highest BCUT2D eigenvalue weighted by atomic mass is 32.2. The van der Waals surface area contributed by atoms with Crippen molar-refractivity contribution in [3.8, 4) is 0 Å². The maximum absolute atomic E-state index is 11.9. The van der Waals surface area contributed by atoms with Gasteiger partial charge in [-0.25, -0.2) is 13.1 Å². The molecule has 0 saturated heterocycles. The van der Waals surface area contributed by atoms with Crippen LogP contribution in [-0.4, -0.2) is 14.4 Å². The summed E-state index contributed by atoms with van der Waals surface area (Å²) in [6.07, 6.45) is 0. The summed E-state index contributed by atoms with van der Waals surface area (Å²) in [4.78, 5) is 10.8. The predicted molar refractivity (Wildman–Crippen MR) is 67.1 cm³/mol. The fourth-order valence-electron chi connectivity index (χ4n) is 1.28. The largest absolute Gasteiger partial charge is 0.410 e. The first-order chi connectivity index (χ1) is 8.22. The van der Waals surface area contributed by atoms with Crippen LogP contribution in [0.2, 0.25) is 0 Å². The second-order valence-electron chi connectivity index (χ2n) is 3.87. The van der Waals surface area contributed by atoms with E-state index >= 15 is 0 Å². The van der Waals surface area contributed by atoms with E-state index in [1.54, 1.807) is 12.1 Å². The average molecular weight is 269 g/mol. The molecular weight excluding hydrogens is 254 g/mol. The number of rotatable bonds is 4.